The number of nitrogens with zero attached hydrogens (tertiary/aromatic N) is 1. The van der Waals surface area contributed by atoms with Crippen LogP contribution < -0.4 is 10.2 Å². The monoisotopic (exact) mass is 266 g/mol. The van der Waals surface area contributed by atoms with Crippen LogP contribution in [0.3, 0.4) is 0 Å². The quantitative estimate of drug-likeness (QED) is 0.757. The number of benzene rings is 1. The molecule has 0 heterocycles. The number of carbonyl (C=O) groups excluding carboxylic acids is 1. The van der Waals surface area contributed by atoms with Gasteiger partial charge in [0.05, 0.1) is 6.10 Å². The molecule has 6 nitrogen and oxygen atoms in total. The number of hydrogen-bond donors (Lipinski definition) is 3. The van der Waals surface area contributed by atoms with Gasteiger partial charge in [-0.2, -0.15) is 0 Å². The average molecular weight is 266 g/mol. The first kappa shape index (κ1) is 15.0. The fourth-order valence-corrected chi connectivity index (χ4v) is 1.50. The SMILES string of the molecule is Cc1ccc(N(C)C(=O)N[C@H](C(=O)O)[C@@H](C)O)cc1. The van der Waals surface area contributed by atoms with Gasteiger partial charge in [0.15, 0.2) is 6.04 Å². The summed E-state index contributed by atoms with van der Waals surface area (Å²) >= 11 is 0. The standard InChI is InChI=1S/C13H18N2O4/c1-8-4-6-10(7-5-8)15(3)13(19)14-11(9(2)16)12(17)18/h4-7,9,11,16H,1-3H3,(H,14,19)(H,17,18)/t9-,11+/m1/s1. The van der Waals surface area contributed by atoms with E-state index in [2.05, 4.69) is 5.32 Å². The van der Waals surface area contributed by atoms with Gasteiger partial charge in [0.1, 0.15) is 0 Å². The lowest BCUT2D eigenvalue weighted by Crippen LogP contribution is -2.51. The molecule has 0 saturated carbocycles. The van der Waals surface area contributed by atoms with Crippen molar-refractivity contribution in [1.82, 2.24) is 5.32 Å². The Morgan fingerprint density at radius 3 is 2.21 bits per heavy atom. The minimum absolute atomic E-state index is 0.586. The Kier molecular flexibility index (Phi) is 4.88. The third-order valence-electron chi connectivity index (χ3n) is 2.75. The highest BCUT2D eigenvalue weighted by Crippen LogP contribution is 2.13. The van der Waals surface area contributed by atoms with Crippen molar-refractivity contribution in [3.63, 3.8) is 0 Å². The maximum Gasteiger partial charge on any atom is 0.328 e. The molecule has 1 aromatic rings. The zero-order valence-electron chi connectivity index (χ0n) is 11.1. The van der Waals surface area contributed by atoms with Crippen LogP contribution in [0.4, 0.5) is 10.5 Å². The van der Waals surface area contributed by atoms with Crippen molar-refractivity contribution in [1.29, 1.82) is 0 Å². The van der Waals surface area contributed by atoms with Crippen molar-refractivity contribution >= 4 is 17.7 Å². The Bertz CT molecular complexity index is 456. The summed E-state index contributed by atoms with van der Waals surface area (Å²) in [6.07, 6.45) is -1.17. The number of aliphatic carboxylic acids is 1. The van der Waals surface area contributed by atoms with E-state index in [0.717, 1.165) is 5.56 Å². The molecule has 0 saturated heterocycles. The van der Waals surface area contributed by atoms with Crippen molar-refractivity contribution in [2.75, 3.05) is 11.9 Å². The zero-order valence-corrected chi connectivity index (χ0v) is 11.1. The summed E-state index contributed by atoms with van der Waals surface area (Å²) in [5.74, 6) is -1.28. The van der Waals surface area contributed by atoms with E-state index < -0.39 is 24.1 Å². The maximum absolute atomic E-state index is 11.9. The second-order valence-electron chi connectivity index (χ2n) is 4.40. The fourth-order valence-electron chi connectivity index (χ4n) is 1.50. The van der Waals surface area contributed by atoms with E-state index in [1.807, 2.05) is 19.1 Å². The number of aliphatic hydroxyl groups is 1. The third kappa shape index (κ3) is 3.96. The van der Waals surface area contributed by atoms with Crippen LogP contribution in [0.25, 0.3) is 0 Å². The molecule has 2 atom stereocenters. The highest BCUT2D eigenvalue weighted by atomic mass is 16.4. The molecule has 0 aliphatic heterocycles. The lowest BCUT2D eigenvalue weighted by Gasteiger charge is -2.22. The second-order valence-corrected chi connectivity index (χ2v) is 4.40. The first-order valence-corrected chi connectivity index (χ1v) is 5.84. The van der Waals surface area contributed by atoms with Crippen LogP contribution in [0, 0.1) is 6.92 Å². The van der Waals surface area contributed by atoms with Gasteiger partial charge in [-0.25, -0.2) is 9.59 Å². The number of rotatable bonds is 4. The molecule has 0 aliphatic carbocycles. The molecule has 1 aromatic carbocycles. The molecular weight excluding hydrogens is 248 g/mol. The number of carbonyl (C=O) groups is 2. The Hall–Kier alpha value is -2.08. The van der Waals surface area contributed by atoms with E-state index >= 15 is 0 Å². The van der Waals surface area contributed by atoms with Crippen molar-refractivity contribution in [3.05, 3.63) is 29.8 Å². The first-order chi connectivity index (χ1) is 8.82. The van der Waals surface area contributed by atoms with E-state index in [9.17, 15) is 14.7 Å². The molecule has 0 unspecified atom stereocenters. The molecule has 2 amide bonds. The Morgan fingerprint density at radius 2 is 1.79 bits per heavy atom. The number of carboxylic acids is 1. The average Bonchev–Trinajstić information content (AvgIpc) is 2.34. The van der Waals surface area contributed by atoms with Gasteiger partial charge >= 0.3 is 12.0 Å². The van der Waals surface area contributed by atoms with Crippen LogP contribution in [0.1, 0.15) is 12.5 Å². The summed E-state index contributed by atoms with van der Waals surface area (Å²) in [6, 6.07) is 5.29. The van der Waals surface area contributed by atoms with Crippen LogP contribution in [0.15, 0.2) is 24.3 Å². The molecule has 0 radical (unpaired) electrons. The summed E-state index contributed by atoms with van der Waals surface area (Å²) in [5.41, 5.74) is 1.70. The topological polar surface area (TPSA) is 89.9 Å². The highest BCUT2D eigenvalue weighted by Gasteiger charge is 2.26. The molecule has 0 spiro atoms. The van der Waals surface area contributed by atoms with E-state index in [1.54, 1.807) is 12.1 Å². The van der Waals surface area contributed by atoms with Crippen molar-refractivity contribution in [2.45, 2.75) is 26.0 Å². The maximum atomic E-state index is 11.9. The number of urea groups is 1. The minimum atomic E-state index is -1.33. The van der Waals surface area contributed by atoms with Gasteiger partial charge in [0.2, 0.25) is 0 Å². The van der Waals surface area contributed by atoms with E-state index in [1.165, 1.54) is 18.9 Å². The summed E-state index contributed by atoms with van der Waals surface area (Å²) in [6.45, 7) is 3.24. The second kappa shape index (κ2) is 6.19. The highest BCUT2D eigenvalue weighted by molar-refractivity contribution is 5.94. The number of hydrogen-bond acceptors (Lipinski definition) is 3. The fraction of sp³-hybridized carbons (Fsp3) is 0.385. The van der Waals surface area contributed by atoms with Crippen molar-refractivity contribution < 1.29 is 19.8 Å². The van der Waals surface area contributed by atoms with E-state index in [4.69, 9.17) is 5.11 Å². The Morgan fingerprint density at radius 1 is 1.26 bits per heavy atom. The largest absolute Gasteiger partial charge is 0.480 e. The number of anilines is 1. The number of aliphatic hydroxyl groups excluding tert-OH is 1. The van der Waals surface area contributed by atoms with Crippen LogP contribution in [-0.2, 0) is 4.79 Å². The number of carboxylic acid groups (broad SMARTS) is 1. The van der Waals surface area contributed by atoms with Crippen molar-refractivity contribution in [3.8, 4) is 0 Å². The predicted octanol–water partition coefficient (Wildman–Crippen LogP) is 0.975. The summed E-state index contributed by atoms with van der Waals surface area (Å²) in [4.78, 5) is 24.1. The Labute approximate surface area is 111 Å². The van der Waals surface area contributed by atoms with Crippen LogP contribution in [0.5, 0.6) is 0 Å². The molecular formula is C13H18N2O4. The molecule has 0 aromatic heterocycles. The predicted molar refractivity (Wildman–Crippen MR) is 71.2 cm³/mol. The molecule has 6 heteroatoms. The zero-order chi connectivity index (χ0) is 14.6. The molecule has 1 rings (SSSR count). The molecule has 0 bridgehead atoms. The first-order valence-electron chi connectivity index (χ1n) is 5.84. The summed E-state index contributed by atoms with van der Waals surface area (Å²) < 4.78 is 0. The molecule has 19 heavy (non-hydrogen) atoms. The lowest BCUT2D eigenvalue weighted by molar-refractivity contribution is -0.141. The van der Waals surface area contributed by atoms with Crippen LogP contribution >= 0.6 is 0 Å². The lowest BCUT2D eigenvalue weighted by atomic mass is 10.2. The van der Waals surface area contributed by atoms with Crippen molar-refractivity contribution in [2.24, 2.45) is 0 Å². The van der Waals surface area contributed by atoms with Gasteiger partial charge in [0.25, 0.3) is 0 Å². The van der Waals surface area contributed by atoms with Gasteiger partial charge in [-0.1, -0.05) is 17.7 Å². The van der Waals surface area contributed by atoms with Crippen LogP contribution in [0.2, 0.25) is 0 Å². The van der Waals surface area contributed by atoms with Gasteiger partial charge in [-0.15, -0.1) is 0 Å². The molecule has 0 aliphatic rings. The molecule has 3 N–H and O–H groups in total. The molecule has 104 valence electrons. The summed E-state index contributed by atoms with van der Waals surface area (Å²) in [5, 5.41) is 20.5. The van der Waals surface area contributed by atoms with Crippen LogP contribution in [-0.4, -0.2) is 41.4 Å². The number of nitrogens with one attached hydrogen (secondary N) is 1. The van der Waals surface area contributed by atoms with Gasteiger partial charge in [0, 0.05) is 12.7 Å². The smallest absolute Gasteiger partial charge is 0.328 e. The summed E-state index contributed by atoms with van der Waals surface area (Å²) in [7, 11) is 1.53. The van der Waals surface area contributed by atoms with Gasteiger partial charge in [-0.3, -0.25) is 4.90 Å². The van der Waals surface area contributed by atoms with Gasteiger partial charge < -0.3 is 15.5 Å². The molecule has 0 fully saturated rings. The number of aryl methyl sites for hydroxylation is 1. The third-order valence-corrected chi connectivity index (χ3v) is 2.75. The van der Waals surface area contributed by atoms with E-state index in [-0.39, 0.29) is 0 Å². The van der Waals surface area contributed by atoms with Gasteiger partial charge in [-0.05, 0) is 26.0 Å². The van der Waals surface area contributed by atoms with E-state index in [0.29, 0.717) is 5.69 Å². The number of amides is 2. The Balaban J connectivity index is 2.77. The minimum Gasteiger partial charge on any atom is -0.480 e. The normalized spacial score (nSPS) is 13.5.